The van der Waals surface area contributed by atoms with Gasteiger partial charge in [-0.25, -0.2) is 4.79 Å². The number of nitrogens with zero attached hydrogens (tertiary/aromatic N) is 1. The maximum Gasteiger partial charge on any atom is 0.407 e. The molecule has 5 nitrogen and oxygen atoms in total. The number of methoxy groups -OCH3 is 1. The summed E-state index contributed by atoms with van der Waals surface area (Å²) in [7, 11) is 1.31. The Morgan fingerprint density at radius 2 is 2.00 bits per heavy atom. The Bertz CT molecular complexity index is 354. The number of fused-ring (bicyclic) bond motifs is 1. The minimum atomic E-state index is -0.541. The molecule has 0 unspecified atom stereocenters. The number of hydrogen-bond acceptors (Lipinski definition) is 3. The quantitative estimate of drug-likeness (QED) is 0.827. The van der Waals surface area contributed by atoms with Crippen molar-refractivity contribution in [3.63, 3.8) is 0 Å². The van der Waals surface area contributed by atoms with Crippen molar-refractivity contribution >= 4 is 12.0 Å². The molecule has 1 N–H and O–H groups in total. The van der Waals surface area contributed by atoms with E-state index in [1.807, 2.05) is 18.7 Å². The third-order valence-electron chi connectivity index (χ3n) is 4.01. The smallest absolute Gasteiger partial charge is 0.407 e. The normalized spacial score (nSPS) is 30.9. The average Bonchev–Trinajstić information content (AvgIpc) is 2.97. The number of likely N-dealkylation sites (tertiary alicyclic amines) is 1. The third-order valence-corrected chi connectivity index (χ3v) is 4.01. The zero-order chi connectivity index (χ0) is 13.4. The molecule has 0 aromatic rings. The molecule has 2 rings (SSSR count). The summed E-state index contributed by atoms with van der Waals surface area (Å²) >= 11 is 0. The molecule has 4 atom stereocenters. The number of hydrogen-bond donors (Lipinski definition) is 1. The molecule has 2 amide bonds. The van der Waals surface area contributed by atoms with Crippen molar-refractivity contribution in [1.29, 1.82) is 0 Å². The van der Waals surface area contributed by atoms with E-state index in [-0.39, 0.29) is 11.8 Å². The van der Waals surface area contributed by atoms with Crippen LogP contribution in [0.2, 0.25) is 0 Å². The number of piperidine rings is 1. The zero-order valence-corrected chi connectivity index (χ0v) is 11.5. The number of rotatable bonds is 3. The first-order chi connectivity index (χ1) is 8.45. The summed E-state index contributed by atoms with van der Waals surface area (Å²) in [5.41, 5.74) is 0. The first kappa shape index (κ1) is 13.2. The summed E-state index contributed by atoms with van der Waals surface area (Å²) in [4.78, 5) is 25.8. The molecule has 5 heteroatoms. The molecule has 1 saturated heterocycles. The van der Waals surface area contributed by atoms with Crippen LogP contribution in [0.4, 0.5) is 4.79 Å². The van der Waals surface area contributed by atoms with E-state index in [4.69, 9.17) is 0 Å². The summed E-state index contributed by atoms with van der Waals surface area (Å²) < 4.78 is 4.59. The van der Waals surface area contributed by atoms with E-state index in [0.29, 0.717) is 18.0 Å². The first-order valence-electron chi connectivity index (χ1n) is 6.62. The number of carbonyl (C=O) groups is 2. The van der Waals surface area contributed by atoms with Gasteiger partial charge in [-0.3, -0.25) is 4.79 Å². The Labute approximate surface area is 108 Å². The van der Waals surface area contributed by atoms with Crippen molar-refractivity contribution in [2.24, 2.45) is 11.8 Å². The molecular formula is C13H22N2O3. The van der Waals surface area contributed by atoms with E-state index in [9.17, 15) is 9.59 Å². The highest BCUT2D eigenvalue weighted by atomic mass is 16.5. The summed E-state index contributed by atoms with van der Waals surface area (Å²) in [6.07, 6.45) is 1.68. The standard InChI is InChI=1S/C13H22N2O3/c1-7(2)11(14-13(17)18-4)12(16)15-8(3)5-9-6-10(9)15/h7-11H,5-6H2,1-4H3,(H,14,17)/t8-,9+,10-,11+/m1/s1. The van der Waals surface area contributed by atoms with E-state index < -0.39 is 12.1 Å². The molecule has 1 aliphatic heterocycles. The minimum Gasteiger partial charge on any atom is -0.453 e. The number of amides is 2. The highest BCUT2D eigenvalue weighted by Crippen LogP contribution is 2.47. The number of ether oxygens (including phenoxy) is 1. The summed E-state index contributed by atoms with van der Waals surface area (Å²) in [6.45, 7) is 5.95. The van der Waals surface area contributed by atoms with Crippen LogP contribution in [0, 0.1) is 11.8 Å². The van der Waals surface area contributed by atoms with Crippen LogP contribution >= 0.6 is 0 Å². The van der Waals surface area contributed by atoms with Gasteiger partial charge >= 0.3 is 6.09 Å². The molecule has 2 aliphatic rings. The van der Waals surface area contributed by atoms with Gasteiger partial charge in [-0.05, 0) is 31.6 Å². The number of carbonyl (C=O) groups excluding carboxylic acids is 2. The predicted octanol–water partition coefficient (Wildman–Crippen LogP) is 1.38. The molecule has 1 heterocycles. The van der Waals surface area contributed by atoms with Gasteiger partial charge in [0.15, 0.2) is 0 Å². The van der Waals surface area contributed by atoms with Gasteiger partial charge in [0, 0.05) is 12.1 Å². The SMILES string of the molecule is COC(=O)N[C@H](C(=O)N1[C@H](C)C[C@H]2C[C@H]21)C(C)C. The topological polar surface area (TPSA) is 58.6 Å². The Kier molecular flexibility index (Phi) is 3.50. The van der Waals surface area contributed by atoms with Crippen molar-refractivity contribution < 1.29 is 14.3 Å². The van der Waals surface area contributed by atoms with E-state index in [1.54, 1.807) is 0 Å². The van der Waals surface area contributed by atoms with Gasteiger partial charge < -0.3 is 15.0 Å². The monoisotopic (exact) mass is 254 g/mol. The lowest BCUT2D eigenvalue weighted by Crippen LogP contribution is -2.53. The maximum absolute atomic E-state index is 12.5. The molecule has 1 saturated carbocycles. The number of nitrogens with one attached hydrogen (secondary N) is 1. The molecule has 0 radical (unpaired) electrons. The second-order valence-corrected chi connectivity index (χ2v) is 5.75. The van der Waals surface area contributed by atoms with Gasteiger partial charge in [0.1, 0.15) is 6.04 Å². The zero-order valence-electron chi connectivity index (χ0n) is 11.5. The third kappa shape index (κ3) is 2.31. The second-order valence-electron chi connectivity index (χ2n) is 5.75. The van der Waals surface area contributed by atoms with Crippen LogP contribution in [0.1, 0.15) is 33.6 Å². The summed E-state index contributed by atoms with van der Waals surface area (Å²) in [5.74, 6) is 0.782. The van der Waals surface area contributed by atoms with E-state index in [1.165, 1.54) is 7.11 Å². The maximum atomic E-state index is 12.5. The lowest BCUT2D eigenvalue weighted by molar-refractivity contribution is -0.136. The lowest BCUT2D eigenvalue weighted by Gasteiger charge is -2.31. The molecule has 0 aromatic heterocycles. The molecule has 0 spiro atoms. The van der Waals surface area contributed by atoms with Gasteiger partial charge in [0.05, 0.1) is 7.11 Å². The van der Waals surface area contributed by atoms with E-state index >= 15 is 0 Å². The van der Waals surface area contributed by atoms with Crippen LogP contribution in [-0.2, 0) is 9.53 Å². The minimum absolute atomic E-state index is 0.0351. The summed E-state index contributed by atoms with van der Waals surface area (Å²) in [5, 5.41) is 2.65. The Morgan fingerprint density at radius 1 is 1.33 bits per heavy atom. The van der Waals surface area contributed by atoms with E-state index in [0.717, 1.165) is 12.8 Å². The number of alkyl carbamates (subject to hydrolysis) is 1. The molecule has 1 aliphatic carbocycles. The van der Waals surface area contributed by atoms with Crippen LogP contribution in [0.25, 0.3) is 0 Å². The van der Waals surface area contributed by atoms with E-state index in [2.05, 4.69) is 17.0 Å². The Hall–Kier alpha value is -1.26. The highest BCUT2D eigenvalue weighted by Gasteiger charge is 2.53. The second kappa shape index (κ2) is 4.78. The predicted molar refractivity (Wildman–Crippen MR) is 67.0 cm³/mol. The van der Waals surface area contributed by atoms with Gasteiger partial charge in [-0.15, -0.1) is 0 Å². The molecule has 2 fully saturated rings. The highest BCUT2D eigenvalue weighted by molar-refractivity contribution is 5.87. The van der Waals surface area contributed by atoms with Gasteiger partial charge in [-0.1, -0.05) is 13.8 Å². The first-order valence-corrected chi connectivity index (χ1v) is 6.62. The molecule has 0 bridgehead atoms. The van der Waals surface area contributed by atoms with Gasteiger partial charge in [-0.2, -0.15) is 0 Å². The molecular weight excluding hydrogens is 232 g/mol. The summed E-state index contributed by atoms with van der Waals surface area (Å²) in [6, 6.07) is 0.217. The average molecular weight is 254 g/mol. The van der Waals surface area contributed by atoms with Gasteiger partial charge in [0.25, 0.3) is 0 Å². The molecule has 102 valence electrons. The van der Waals surface area contributed by atoms with Crippen LogP contribution in [0.15, 0.2) is 0 Å². The largest absolute Gasteiger partial charge is 0.453 e. The van der Waals surface area contributed by atoms with Crippen LogP contribution < -0.4 is 5.32 Å². The fraction of sp³-hybridized carbons (Fsp3) is 0.846. The van der Waals surface area contributed by atoms with Crippen LogP contribution in [0.5, 0.6) is 0 Å². The van der Waals surface area contributed by atoms with Gasteiger partial charge in [0.2, 0.25) is 5.91 Å². The Morgan fingerprint density at radius 3 is 2.44 bits per heavy atom. The Balaban J connectivity index is 2.06. The fourth-order valence-electron chi connectivity index (χ4n) is 2.94. The van der Waals surface area contributed by atoms with Crippen LogP contribution in [-0.4, -0.2) is 42.1 Å². The van der Waals surface area contributed by atoms with Crippen molar-refractivity contribution in [2.75, 3.05) is 7.11 Å². The van der Waals surface area contributed by atoms with Crippen molar-refractivity contribution in [1.82, 2.24) is 10.2 Å². The molecule has 18 heavy (non-hydrogen) atoms. The van der Waals surface area contributed by atoms with Crippen molar-refractivity contribution in [3.05, 3.63) is 0 Å². The molecule has 0 aromatic carbocycles. The fourth-order valence-corrected chi connectivity index (χ4v) is 2.94. The van der Waals surface area contributed by atoms with Crippen molar-refractivity contribution in [3.8, 4) is 0 Å². The van der Waals surface area contributed by atoms with Crippen molar-refractivity contribution in [2.45, 2.75) is 51.7 Å². The van der Waals surface area contributed by atoms with Crippen LogP contribution in [0.3, 0.4) is 0 Å². The lowest BCUT2D eigenvalue weighted by atomic mass is 10.0.